The fourth-order valence-corrected chi connectivity index (χ4v) is 2.73. The van der Waals surface area contributed by atoms with Gasteiger partial charge in [0, 0.05) is 24.8 Å². The van der Waals surface area contributed by atoms with Crippen LogP contribution in [0, 0.1) is 13.8 Å². The fraction of sp³-hybridized carbons (Fsp3) is 0.471. The minimum Gasteiger partial charge on any atom is -0.313 e. The summed E-state index contributed by atoms with van der Waals surface area (Å²) in [5.41, 5.74) is 6.60. The van der Waals surface area contributed by atoms with E-state index in [0.717, 1.165) is 12.8 Å². The molecule has 3 heteroatoms. The SMILES string of the molecule is CCc1nn(C)cc1C(Cc1cc(C)ccc1C)NC. The molecule has 0 aliphatic rings. The lowest BCUT2D eigenvalue weighted by molar-refractivity contribution is 0.585. The summed E-state index contributed by atoms with van der Waals surface area (Å²) >= 11 is 0. The van der Waals surface area contributed by atoms with Crippen LogP contribution in [0.25, 0.3) is 0 Å². The molecule has 1 N–H and O–H groups in total. The van der Waals surface area contributed by atoms with E-state index in [9.17, 15) is 0 Å². The molecule has 0 aliphatic heterocycles. The van der Waals surface area contributed by atoms with Crippen LogP contribution in [0.5, 0.6) is 0 Å². The van der Waals surface area contributed by atoms with Crippen molar-refractivity contribution < 1.29 is 0 Å². The van der Waals surface area contributed by atoms with Gasteiger partial charge in [0.25, 0.3) is 0 Å². The van der Waals surface area contributed by atoms with Crippen LogP contribution >= 0.6 is 0 Å². The lowest BCUT2D eigenvalue weighted by atomic mass is 9.95. The Kier molecular flexibility index (Phi) is 4.61. The molecule has 3 nitrogen and oxygen atoms in total. The van der Waals surface area contributed by atoms with Crippen molar-refractivity contribution in [2.45, 2.75) is 39.7 Å². The number of hydrogen-bond acceptors (Lipinski definition) is 2. The van der Waals surface area contributed by atoms with Crippen molar-refractivity contribution in [2.75, 3.05) is 7.05 Å². The van der Waals surface area contributed by atoms with E-state index in [1.807, 2.05) is 18.8 Å². The number of aryl methyl sites for hydroxylation is 4. The Morgan fingerprint density at radius 3 is 2.70 bits per heavy atom. The first-order valence-electron chi connectivity index (χ1n) is 7.31. The molecule has 2 rings (SSSR count). The van der Waals surface area contributed by atoms with Gasteiger partial charge in [-0.15, -0.1) is 0 Å². The van der Waals surface area contributed by atoms with Crippen LogP contribution in [0.2, 0.25) is 0 Å². The maximum absolute atomic E-state index is 4.56. The van der Waals surface area contributed by atoms with Crippen molar-refractivity contribution >= 4 is 0 Å². The molecule has 1 atom stereocenters. The van der Waals surface area contributed by atoms with E-state index in [4.69, 9.17) is 0 Å². The van der Waals surface area contributed by atoms with Crippen LogP contribution in [0.15, 0.2) is 24.4 Å². The molecular formula is C17H25N3. The standard InChI is InChI=1S/C17H25N3/c1-6-16-15(11-20(5)19-16)17(18-4)10-14-9-12(2)7-8-13(14)3/h7-9,11,17-18H,6,10H2,1-5H3. The maximum atomic E-state index is 4.56. The predicted molar refractivity (Wildman–Crippen MR) is 84.0 cm³/mol. The molecule has 1 heterocycles. The third-order valence-electron chi connectivity index (χ3n) is 3.93. The number of nitrogens with zero attached hydrogens (tertiary/aromatic N) is 2. The van der Waals surface area contributed by atoms with Gasteiger partial charge >= 0.3 is 0 Å². The molecule has 20 heavy (non-hydrogen) atoms. The van der Waals surface area contributed by atoms with E-state index in [1.165, 1.54) is 27.9 Å². The van der Waals surface area contributed by atoms with Gasteiger partial charge in [0.1, 0.15) is 0 Å². The molecule has 2 aromatic rings. The molecule has 0 saturated carbocycles. The summed E-state index contributed by atoms with van der Waals surface area (Å²) in [5.74, 6) is 0. The zero-order valence-electron chi connectivity index (χ0n) is 13.2. The monoisotopic (exact) mass is 271 g/mol. The second kappa shape index (κ2) is 6.23. The van der Waals surface area contributed by atoms with Gasteiger partial charge in [0.15, 0.2) is 0 Å². The molecular weight excluding hydrogens is 246 g/mol. The number of likely N-dealkylation sites (N-methyl/N-ethyl adjacent to an activating group) is 1. The highest BCUT2D eigenvalue weighted by Crippen LogP contribution is 2.23. The Balaban J connectivity index is 2.30. The van der Waals surface area contributed by atoms with Crippen LogP contribution in [0.4, 0.5) is 0 Å². The fourth-order valence-electron chi connectivity index (χ4n) is 2.73. The third-order valence-corrected chi connectivity index (χ3v) is 3.93. The Bertz CT molecular complexity index is 584. The van der Waals surface area contributed by atoms with Crippen LogP contribution in [0.1, 0.15) is 40.9 Å². The van der Waals surface area contributed by atoms with Gasteiger partial charge in [-0.1, -0.05) is 30.7 Å². The molecule has 1 aromatic heterocycles. The van der Waals surface area contributed by atoms with Crippen molar-refractivity contribution in [3.8, 4) is 0 Å². The van der Waals surface area contributed by atoms with Crippen LogP contribution < -0.4 is 5.32 Å². The molecule has 0 radical (unpaired) electrons. The van der Waals surface area contributed by atoms with Gasteiger partial charge in [0.05, 0.1) is 5.69 Å². The first-order chi connectivity index (χ1) is 9.55. The zero-order chi connectivity index (χ0) is 14.7. The molecule has 0 saturated heterocycles. The van der Waals surface area contributed by atoms with E-state index in [1.54, 1.807) is 0 Å². The Morgan fingerprint density at radius 1 is 1.30 bits per heavy atom. The van der Waals surface area contributed by atoms with Crippen molar-refractivity contribution in [3.05, 3.63) is 52.3 Å². The van der Waals surface area contributed by atoms with E-state index in [0.29, 0.717) is 6.04 Å². The quantitative estimate of drug-likeness (QED) is 0.905. The molecule has 0 aliphatic carbocycles. The molecule has 0 fully saturated rings. The lowest BCUT2D eigenvalue weighted by Crippen LogP contribution is -2.20. The average molecular weight is 271 g/mol. The molecule has 0 amide bonds. The summed E-state index contributed by atoms with van der Waals surface area (Å²) in [5, 5.41) is 8.00. The number of aromatic nitrogens is 2. The highest BCUT2D eigenvalue weighted by atomic mass is 15.3. The number of hydrogen-bond donors (Lipinski definition) is 1. The van der Waals surface area contributed by atoms with Gasteiger partial charge in [-0.25, -0.2) is 0 Å². The topological polar surface area (TPSA) is 29.9 Å². The predicted octanol–water partition coefficient (Wildman–Crippen LogP) is 3.10. The molecule has 1 unspecified atom stereocenters. The van der Waals surface area contributed by atoms with Crippen molar-refractivity contribution in [2.24, 2.45) is 7.05 Å². The molecule has 0 bridgehead atoms. The largest absolute Gasteiger partial charge is 0.313 e. The van der Waals surface area contributed by atoms with Crippen molar-refractivity contribution in [1.82, 2.24) is 15.1 Å². The normalized spacial score (nSPS) is 12.7. The second-order valence-corrected chi connectivity index (χ2v) is 5.53. The highest BCUT2D eigenvalue weighted by molar-refractivity contribution is 5.33. The highest BCUT2D eigenvalue weighted by Gasteiger charge is 2.17. The van der Waals surface area contributed by atoms with Crippen molar-refractivity contribution in [1.29, 1.82) is 0 Å². The summed E-state index contributed by atoms with van der Waals surface area (Å²) in [6.07, 6.45) is 4.12. The zero-order valence-corrected chi connectivity index (χ0v) is 13.2. The average Bonchev–Trinajstić information content (AvgIpc) is 2.80. The first-order valence-corrected chi connectivity index (χ1v) is 7.31. The molecule has 1 aromatic carbocycles. The van der Waals surface area contributed by atoms with Gasteiger partial charge in [-0.2, -0.15) is 5.10 Å². The maximum Gasteiger partial charge on any atom is 0.0669 e. The van der Waals surface area contributed by atoms with E-state index < -0.39 is 0 Å². The smallest absolute Gasteiger partial charge is 0.0669 e. The number of rotatable bonds is 5. The molecule has 108 valence electrons. The summed E-state index contributed by atoms with van der Waals surface area (Å²) in [6, 6.07) is 7.00. The van der Waals surface area contributed by atoms with E-state index in [2.05, 4.69) is 55.6 Å². The Hall–Kier alpha value is -1.61. The lowest BCUT2D eigenvalue weighted by Gasteiger charge is -2.18. The minimum atomic E-state index is 0.319. The summed E-state index contributed by atoms with van der Waals surface area (Å²) in [6.45, 7) is 6.50. The first kappa shape index (κ1) is 14.8. The van der Waals surface area contributed by atoms with Gasteiger partial charge in [-0.05, 0) is 44.9 Å². The summed E-state index contributed by atoms with van der Waals surface area (Å²) in [4.78, 5) is 0. The number of nitrogens with one attached hydrogen (secondary N) is 1. The Labute approximate surface area is 122 Å². The van der Waals surface area contributed by atoms with Crippen LogP contribution in [0.3, 0.4) is 0 Å². The summed E-state index contributed by atoms with van der Waals surface area (Å²) < 4.78 is 1.92. The third kappa shape index (κ3) is 3.10. The minimum absolute atomic E-state index is 0.319. The molecule has 0 spiro atoms. The second-order valence-electron chi connectivity index (χ2n) is 5.53. The van der Waals surface area contributed by atoms with E-state index in [-0.39, 0.29) is 0 Å². The van der Waals surface area contributed by atoms with Crippen LogP contribution in [-0.4, -0.2) is 16.8 Å². The van der Waals surface area contributed by atoms with Crippen molar-refractivity contribution in [3.63, 3.8) is 0 Å². The van der Waals surface area contributed by atoms with Gasteiger partial charge < -0.3 is 5.32 Å². The van der Waals surface area contributed by atoms with Gasteiger partial charge in [-0.3, -0.25) is 4.68 Å². The van der Waals surface area contributed by atoms with E-state index >= 15 is 0 Å². The van der Waals surface area contributed by atoms with Crippen LogP contribution in [-0.2, 0) is 19.9 Å². The Morgan fingerprint density at radius 2 is 2.05 bits per heavy atom. The number of benzene rings is 1. The van der Waals surface area contributed by atoms with Gasteiger partial charge in [0.2, 0.25) is 0 Å². The summed E-state index contributed by atoms with van der Waals surface area (Å²) in [7, 11) is 4.02.